The number of thioether (sulfide) groups is 1. The molecule has 0 fully saturated rings. The van der Waals surface area contributed by atoms with Crippen molar-refractivity contribution in [1.82, 2.24) is 14.5 Å². The molecule has 2 heterocycles. The lowest BCUT2D eigenvalue weighted by Crippen LogP contribution is -2.37. The molecule has 0 unspecified atom stereocenters. The molecule has 170 valence electrons. The summed E-state index contributed by atoms with van der Waals surface area (Å²) in [6, 6.07) is 19.7. The number of nitrogens with two attached hydrogens (primary N) is 1. The van der Waals surface area contributed by atoms with E-state index in [0.717, 1.165) is 32.6 Å². The number of rotatable bonds is 7. The molecule has 6 nitrogen and oxygen atoms in total. The molecule has 0 saturated carbocycles. The zero-order valence-corrected chi connectivity index (χ0v) is 19.7. The average molecular weight is 462 g/mol. The van der Waals surface area contributed by atoms with Crippen molar-refractivity contribution in [1.29, 1.82) is 0 Å². The molecule has 0 radical (unpaired) electrons. The van der Waals surface area contributed by atoms with Gasteiger partial charge in [-0.1, -0.05) is 72.4 Å². The first-order valence-corrected chi connectivity index (χ1v) is 11.7. The van der Waals surface area contributed by atoms with Gasteiger partial charge in [-0.25, -0.2) is 4.67 Å². The molecule has 0 aliphatic carbocycles. The Kier molecular flexibility index (Phi) is 6.94. The fourth-order valence-electron chi connectivity index (χ4n) is 3.86. The van der Waals surface area contributed by atoms with Crippen molar-refractivity contribution >= 4 is 29.2 Å². The highest BCUT2D eigenvalue weighted by atomic mass is 32.2. The first kappa shape index (κ1) is 22.8. The van der Waals surface area contributed by atoms with Crippen molar-refractivity contribution in [2.75, 3.05) is 13.2 Å². The van der Waals surface area contributed by atoms with E-state index in [1.54, 1.807) is 0 Å². The molecule has 2 aliphatic heterocycles. The van der Waals surface area contributed by atoms with Crippen LogP contribution in [-0.2, 0) is 6.54 Å². The molecule has 0 atom stereocenters. The average Bonchev–Trinajstić information content (AvgIpc) is 3.13. The lowest BCUT2D eigenvalue weighted by atomic mass is 10.1. The van der Waals surface area contributed by atoms with Crippen LogP contribution >= 0.6 is 11.8 Å². The molecule has 2 aromatic rings. The van der Waals surface area contributed by atoms with Crippen molar-refractivity contribution in [3.8, 4) is 0 Å². The molecule has 33 heavy (non-hydrogen) atoms. The van der Waals surface area contributed by atoms with Gasteiger partial charge in [0.2, 0.25) is 0 Å². The quantitative estimate of drug-likeness (QED) is 0.430. The van der Waals surface area contributed by atoms with Crippen molar-refractivity contribution < 1.29 is 10.2 Å². The van der Waals surface area contributed by atoms with E-state index >= 15 is 0 Å². The van der Waals surface area contributed by atoms with E-state index in [2.05, 4.69) is 26.6 Å². The van der Waals surface area contributed by atoms with Crippen molar-refractivity contribution in [3.63, 3.8) is 0 Å². The van der Waals surface area contributed by atoms with Gasteiger partial charge in [-0.15, -0.1) is 0 Å². The standard InChI is InChI=1S/C26H28N4O2S/c1-18-23(13-14-31)33-26(24(32)21-11-7-4-8-12-21)30(18)17-22-16-29(19(2)28-25(22)27)15-20-9-5-3-6-10-20/h3-12,16,27,31-32H,13-15,17H2,1-2H3/p+1/b26-24+. The molecule has 2 aliphatic rings. The molecule has 7 heteroatoms. The second-order valence-electron chi connectivity index (χ2n) is 8.00. The van der Waals surface area contributed by atoms with Crippen molar-refractivity contribution in [2.45, 2.75) is 26.8 Å². The third-order valence-corrected chi connectivity index (χ3v) is 7.08. The van der Waals surface area contributed by atoms with Crippen LogP contribution in [0.15, 0.2) is 88.1 Å². The van der Waals surface area contributed by atoms with Crippen molar-refractivity contribution in [3.05, 3.63) is 99.2 Å². The van der Waals surface area contributed by atoms with Gasteiger partial charge in [0.15, 0.2) is 5.76 Å². The third-order valence-electron chi connectivity index (χ3n) is 5.72. The highest BCUT2D eigenvalue weighted by Crippen LogP contribution is 2.45. The minimum absolute atomic E-state index is 0.0538. The number of benzene rings is 2. The molecular formula is C26H29N4O2S+. The van der Waals surface area contributed by atoms with E-state index in [9.17, 15) is 10.2 Å². The van der Waals surface area contributed by atoms with Crippen molar-refractivity contribution in [2.24, 2.45) is 5.73 Å². The maximum atomic E-state index is 11.1. The summed E-state index contributed by atoms with van der Waals surface area (Å²) >= 11 is 1.50. The number of aliphatic hydroxyl groups excluding tert-OH is 2. The number of aliphatic hydroxyl groups is 2. The fraction of sp³-hybridized carbons (Fsp3) is 0.231. The van der Waals surface area contributed by atoms with Gasteiger partial charge in [0, 0.05) is 36.1 Å². The third kappa shape index (κ3) is 5.01. The van der Waals surface area contributed by atoms with E-state index in [1.807, 2.05) is 68.6 Å². The second kappa shape index (κ2) is 10.0. The maximum absolute atomic E-state index is 11.1. The van der Waals surface area contributed by atoms with Crippen LogP contribution in [-0.4, -0.2) is 44.8 Å². The van der Waals surface area contributed by atoms with E-state index in [4.69, 9.17) is 5.73 Å². The topological polar surface area (TPSA) is 87.1 Å². The van der Waals surface area contributed by atoms with Crippen LogP contribution < -0.4 is 10.4 Å². The summed E-state index contributed by atoms with van der Waals surface area (Å²) in [5.41, 5.74) is 10.1. The Morgan fingerprint density at radius 3 is 2.33 bits per heavy atom. The Hall–Kier alpha value is -3.38. The molecule has 4 N–H and O–H groups in total. The first-order chi connectivity index (χ1) is 16.0. The summed E-state index contributed by atoms with van der Waals surface area (Å²) in [7, 11) is 0. The van der Waals surface area contributed by atoms with Gasteiger partial charge in [-0.3, -0.25) is 4.90 Å². The summed E-state index contributed by atoms with van der Waals surface area (Å²) in [4.78, 5) is 5.19. The molecule has 2 aromatic carbocycles. The minimum atomic E-state index is 0.0538. The lowest BCUT2D eigenvalue weighted by Gasteiger charge is -2.24. The van der Waals surface area contributed by atoms with Gasteiger partial charge in [0.05, 0.1) is 24.9 Å². The first-order valence-electron chi connectivity index (χ1n) is 10.9. The van der Waals surface area contributed by atoms with Crippen LogP contribution in [0.4, 0.5) is 0 Å². The highest BCUT2D eigenvalue weighted by molar-refractivity contribution is 8.07. The Bertz CT molecular complexity index is 1180. The number of nitrogens with zero attached hydrogens (tertiary/aromatic N) is 3. The zero-order chi connectivity index (χ0) is 23.4. The van der Waals surface area contributed by atoms with Gasteiger partial charge in [-0.2, -0.15) is 0 Å². The molecule has 0 amide bonds. The van der Waals surface area contributed by atoms with Crippen LogP contribution in [0.25, 0.3) is 5.76 Å². The van der Waals surface area contributed by atoms with E-state index in [0.29, 0.717) is 25.3 Å². The summed E-state index contributed by atoms with van der Waals surface area (Å²) in [5, 5.41) is 21.4. The van der Waals surface area contributed by atoms with Gasteiger partial charge in [0.1, 0.15) is 5.03 Å². The predicted molar refractivity (Wildman–Crippen MR) is 137 cm³/mol. The molecule has 0 bridgehead atoms. The van der Waals surface area contributed by atoms with E-state index in [1.165, 1.54) is 17.3 Å². The van der Waals surface area contributed by atoms with Crippen LogP contribution in [0.3, 0.4) is 0 Å². The zero-order valence-electron chi connectivity index (χ0n) is 18.9. The van der Waals surface area contributed by atoms with Crippen LogP contribution in [0.5, 0.6) is 0 Å². The van der Waals surface area contributed by atoms with Crippen LogP contribution in [0.2, 0.25) is 0 Å². The van der Waals surface area contributed by atoms with Crippen LogP contribution in [0, 0.1) is 0 Å². The summed E-state index contributed by atoms with van der Waals surface area (Å²) in [5.74, 6) is 1.53. The van der Waals surface area contributed by atoms with Gasteiger partial charge >= 0.3 is 5.84 Å². The molecule has 4 rings (SSSR count). The largest absolute Gasteiger partial charge is 0.505 e. The van der Waals surface area contributed by atoms with E-state index in [-0.39, 0.29) is 12.4 Å². The smallest absolute Gasteiger partial charge is 0.314 e. The van der Waals surface area contributed by atoms with Crippen LogP contribution in [0.1, 0.15) is 31.4 Å². The summed E-state index contributed by atoms with van der Waals surface area (Å²) < 4.78 is 4.59. The second-order valence-corrected chi connectivity index (χ2v) is 9.09. The maximum Gasteiger partial charge on any atom is 0.314 e. The predicted octanol–water partition coefficient (Wildman–Crippen LogP) is 3.78. The summed E-state index contributed by atoms with van der Waals surface area (Å²) in [6.45, 7) is 5.18. The van der Waals surface area contributed by atoms with E-state index < -0.39 is 0 Å². The SMILES string of the molecule is CC1=[N+]=C(N)C(CN2C(C)=C(CCO)S/C2=C(/O)c2ccccc2)=CN1Cc1ccccc1. The van der Waals surface area contributed by atoms with Gasteiger partial charge in [-0.05, 0) is 12.5 Å². The Labute approximate surface area is 198 Å². The fourth-order valence-corrected chi connectivity index (χ4v) is 5.07. The monoisotopic (exact) mass is 461 g/mol. The molecule has 0 aromatic heterocycles. The normalized spacial score (nSPS) is 17.7. The Morgan fingerprint density at radius 1 is 1.00 bits per heavy atom. The highest BCUT2D eigenvalue weighted by Gasteiger charge is 2.32. The Morgan fingerprint density at radius 2 is 1.67 bits per heavy atom. The molecular weight excluding hydrogens is 432 g/mol. The lowest BCUT2D eigenvalue weighted by molar-refractivity contribution is 0.300. The molecule has 0 saturated heterocycles. The minimum Gasteiger partial charge on any atom is -0.505 e. The van der Waals surface area contributed by atoms with Gasteiger partial charge < -0.3 is 20.8 Å². The summed E-state index contributed by atoms with van der Waals surface area (Å²) in [6.07, 6.45) is 2.58. The Balaban J connectivity index is 1.68. The number of hydrogen-bond acceptors (Lipinski definition) is 6. The molecule has 0 spiro atoms. The number of amidine groups is 2. The number of hydrogen-bond donors (Lipinski definition) is 3. The van der Waals surface area contributed by atoms with Gasteiger partial charge in [0.25, 0.3) is 5.84 Å². The number of allylic oxidation sites excluding steroid dienone is 1.